The first-order valence-corrected chi connectivity index (χ1v) is 2.83. The van der Waals surface area contributed by atoms with Crippen LogP contribution in [0.3, 0.4) is 0 Å². The van der Waals surface area contributed by atoms with Gasteiger partial charge in [0.1, 0.15) is 6.17 Å². The zero-order valence-corrected chi connectivity index (χ0v) is 5.31. The number of amides is 1. The van der Waals surface area contributed by atoms with Crippen molar-refractivity contribution in [3.05, 3.63) is 0 Å². The summed E-state index contributed by atoms with van der Waals surface area (Å²) in [6, 6.07) is 0. The van der Waals surface area contributed by atoms with Crippen molar-refractivity contribution >= 4 is 6.09 Å². The summed E-state index contributed by atoms with van der Waals surface area (Å²) in [5, 5.41) is 9.76. The van der Waals surface area contributed by atoms with Gasteiger partial charge in [0.25, 0.3) is 0 Å². The molecule has 0 rings (SSSR count). The standard InChI is InChI=1S/C5H9F2NO2/c6-2-1-4(7)3-8-5(9)10/h4,8H,1-3H2,(H,9,10). The van der Waals surface area contributed by atoms with Gasteiger partial charge in [-0.3, -0.25) is 4.39 Å². The summed E-state index contributed by atoms with van der Waals surface area (Å²) in [5.74, 6) is 0. The van der Waals surface area contributed by atoms with E-state index < -0.39 is 18.9 Å². The normalized spacial score (nSPS) is 12.6. The Morgan fingerprint density at radius 2 is 2.30 bits per heavy atom. The summed E-state index contributed by atoms with van der Waals surface area (Å²) in [6.07, 6.45) is -2.96. The molecule has 1 amide bonds. The van der Waals surface area contributed by atoms with E-state index in [1.54, 1.807) is 5.32 Å². The zero-order chi connectivity index (χ0) is 7.98. The molecule has 2 N–H and O–H groups in total. The van der Waals surface area contributed by atoms with Gasteiger partial charge in [0.15, 0.2) is 0 Å². The van der Waals surface area contributed by atoms with Gasteiger partial charge in [0.2, 0.25) is 0 Å². The second-order valence-electron chi connectivity index (χ2n) is 1.76. The summed E-state index contributed by atoms with van der Waals surface area (Å²) in [4.78, 5) is 9.74. The fourth-order valence-electron chi connectivity index (χ4n) is 0.419. The number of rotatable bonds is 4. The van der Waals surface area contributed by atoms with Crippen LogP contribution >= 0.6 is 0 Å². The number of hydrogen-bond donors (Lipinski definition) is 2. The van der Waals surface area contributed by atoms with E-state index in [0.29, 0.717) is 0 Å². The molecule has 0 fully saturated rings. The van der Waals surface area contributed by atoms with Crippen LogP contribution in [0.25, 0.3) is 0 Å². The van der Waals surface area contributed by atoms with Crippen LogP contribution in [0.4, 0.5) is 13.6 Å². The molecular weight excluding hydrogens is 144 g/mol. The minimum Gasteiger partial charge on any atom is -0.465 e. The summed E-state index contributed by atoms with van der Waals surface area (Å²) in [6.45, 7) is -1.10. The Labute approximate surface area is 57.0 Å². The van der Waals surface area contributed by atoms with Gasteiger partial charge in [-0.25, -0.2) is 9.18 Å². The summed E-state index contributed by atoms with van der Waals surface area (Å²) < 4.78 is 23.6. The maximum absolute atomic E-state index is 12.2. The predicted octanol–water partition coefficient (Wildman–Crippen LogP) is 0.952. The second kappa shape index (κ2) is 4.96. The average molecular weight is 153 g/mol. The molecule has 1 unspecified atom stereocenters. The molecule has 10 heavy (non-hydrogen) atoms. The highest BCUT2D eigenvalue weighted by Crippen LogP contribution is 1.95. The maximum atomic E-state index is 12.2. The van der Waals surface area contributed by atoms with Crippen molar-refractivity contribution in [1.29, 1.82) is 0 Å². The Morgan fingerprint density at radius 1 is 1.70 bits per heavy atom. The molecule has 0 aliphatic rings. The van der Waals surface area contributed by atoms with Crippen molar-refractivity contribution in [3.8, 4) is 0 Å². The first kappa shape index (κ1) is 9.13. The third kappa shape index (κ3) is 5.27. The fourth-order valence-corrected chi connectivity index (χ4v) is 0.419. The third-order valence-electron chi connectivity index (χ3n) is 0.897. The Balaban J connectivity index is 3.21. The molecule has 0 saturated carbocycles. The van der Waals surface area contributed by atoms with Crippen molar-refractivity contribution in [2.24, 2.45) is 0 Å². The van der Waals surface area contributed by atoms with Gasteiger partial charge in [0.05, 0.1) is 13.2 Å². The topological polar surface area (TPSA) is 49.3 Å². The van der Waals surface area contributed by atoms with E-state index in [-0.39, 0.29) is 13.0 Å². The SMILES string of the molecule is O=C(O)NCC(F)CCF. The number of hydrogen-bond acceptors (Lipinski definition) is 1. The van der Waals surface area contributed by atoms with Gasteiger partial charge in [-0.05, 0) is 0 Å². The van der Waals surface area contributed by atoms with Crippen molar-refractivity contribution < 1.29 is 18.7 Å². The van der Waals surface area contributed by atoms with Crippen LogP contribution in [-0.4, -0.2) is 30.6 Å². The van der Waals surface area contributed by atoms with Gasteiger partial charge in [-0.1, -0.05) is 0 Å². The maximum Gasteiger partial charge on any atom is 0.404 e. The van der Waals surface area contributed by atoms with E-state index in [2.05, 4.69) is 0 Å². The summed E-state index contributed by atoms with van der Waals surface area (Å²) in [7, 11) is 0. The molecular formula is C5H9F2NO2. The van der Waals surface area contributed by atoms with Gasteiger partial charge in [-0.15, -0.1) is 0 Å². The predicted molar refractivity (Wildman–Crippen MR) is 31.5 cm³/mol. The quantitative estimate of drug-likeness (QED) is 0.631. The summed E-state index contributed by atoms with van der Waals surface area (Å²) >= 11 is 0. The van der Waals surface area contributed by atoms with Gasteiger partial charge < -0.3 is 10.4 Å². The van der Waals surface area contributed by atoms with Crippen molar-refractivity contribution in [1.82, 2.24) is 5.32 Å². The van der Waals surface area contributed by atoms with Gasteiger partial charge in [-0.2, -0.15) is 0 Å². The van der Waals surface area contributed by atoms with Crippen LogP contribution in [-0.2, 0) is 0 Å². The van der Waals surface area contributed by atoms with E-state index in [9.17, 15) is 13.6 Å². The lowest BCUT2D eigenvalue weighted by molar-refractivity contribution is 0.187. The van der Waals surface area contributed by atoms with Crippen LogP contribution in [0.5, 0.6) is 0 Å². The fraction of sp³-hybridized carbons (Fsp3) is 0.800. The zero-order valence-electron chi connectivity index (χ0n) is 5.31. The van der Waals surface area contributed by atoms with E-state index in [0.717, 1.165) is 0 Å². The highest BCUT2D eigenvalue weighted by Gasteiger charge is 2.06. The highest BCUT2D eigenvalue weighted by molar-refractivity contribution is 5.64. The number of alkyl halides is 2. The molecule has 0 aliphatic carbocycles. The van der Waals surface area contributed by atoms with Crippen LogP contribution < -0.4 is 5.32 Å². The second-order valence-corrected chi connectivity index (χ2v) is 1.76. The Kier molecular flexibility index (Phi) is 4.53. The molecule has 0 aromatic rings. The van der Waals surface area contributed by atoms with E-state index in [1.807, 2.05) is 0 Å². The van der Waals surface area contributed by atoms with Crippen molar-refractivity contribution in [2.75, 3.05) is 13.2 Å². The largest absolute Gasteiger partial charge is 0.465 e. The third-order valence-corrected chi connectivity index (χ3v) is 0.897. The molecule has 0 heterocycles. The molecule has 1 atom stereocenters. The number of carbonyl (C=O) groups is 1. The first-order chi connectivity index (χ1) is 4.66. The van der Waals surface area contributed by atoms with Crippen LogP contribution in [0.1, 0.15) is 6.42 Å². The molecule has 0 aromatic carbocycles. The number of nitrogens with one attached hydrogen (secondary N) is 1. The van der Waals surface area contributed by atoms with Crippen LogP contribution in [0.2, 0.25) is 0 Å². The van der Waals surface area contributed by atoms with Crippen molar-refractivity contribution in [2.45, 2.75) is 12.6 Å². The van der Waals surface area contributed by atoms with Crippen LogP contribution in [0.15, 0.2) is 0 Å². The molecule has 0 saturated heterocycles. The Hall–Kier alpha value is -0.870. The molecule has 5 heteroatoms. The lowest BCUT2D eigenvalue weighted by Crippen LogP contribution is -2.28. The molecule has 60 valence electrons. The van der Waals surface area contributed by atoms with Crippen LogP contribution in [0, 0.1) is 0 Å². The highest BCUT2D eigenvalue weighted by atomic mass is 19.1. The van der Waals surface area contributed by atoms with E-state index >= 15 is 0 Å². The molecule has 0 bridgehead atoms. The van der Waals surface area contributed by atoms with Gasteiger partial charge >= 0.3 is 6.09 Å². The van der Waals surface area contributed by atoms with Gasteiger partial charge in [0, 0.05) is 6.42 Å². The number of carboxylic acid groups (broad SMARTS) is 1. The Bertz CT molecular complexity index is 110. The minimum atomic E-state index is -1.42. The monoisotopic (exact) mass is 153 g/mol. The minimum absolute atomic E-state index is 0.250. The molecule has 0 aliphatic heterocycles. The van der Waals surface area contributed by atoms with E-state index in [1.165, 1.54) is 0 Å². The lowest BCUT2D eigenvalue weighted by atomic mass is 10.3. The molecule has 0 aromatic heterocycles. The average Bonchev–Trinajstić information content (AvgIpc) is 1.85. The molecule has 3 nitrogen and oxygen atoms in total. The Morgan fingerprint density at radius 3 is 2.70 bits per heavy atom. The molecule has 0 spiro atoms. The molecule has 0 radical (unpaired) electrons. The number of halogens is 2. The smallest absolute Gasteiger partial charge is 0.404 e. The van der Waals surface area contributed by atoms with E-state index in [4.69, 9.17) is 5.11 Å². The lowest BCUT2D eigenvalue weighted by Gasteiger charge is -2.03. The first-order valence-electron chi connectivity index (χ1n) is 2.83. The summed E-state index contributed by atoms with van der Waals surface area (Å²) in [5.41, 5.74) is 0. The van der Waals surface area contributed by atoms with Crippen molar-refractivity contribution in [3.63, 3.8) is 0 Å².